The van der Waals surface area contributed by atoms with E-state index >= 15 is 0 Å². The molecule has 0 bridgehead atoms. The van der Waals surface area contributed by atoms with Crippen molar-refractivity contribution in [2.45, 2.75) is 25.8 Å². The fourth-order valence-corrected chi connectivity index (χ4v) is 4.60. The van der Waals surface area contributed by atoms with Crippen LogP contribution in [0.15, 0.2) is 30.3 Å². The Labute approximate surface area is 124 Å². The van der Waals surface area contributed by atoms with Crippen molar-refractivity contribution in [2.24, 2.45) is 0 Å². The lowest BCUT2D eigenvalue weighted by Gasteiger charge is -2.10. The largest absolute Gasteiger partial charge is 0.384 e. The number of hydrogen-bond donors (Lipinski definition) is 1. The van der Waals surface area contributed by atoms with Crippen LogP contribution in [0, 0.1) is 0 Å². The van der Waals surface area contributed by atoms with Crippen LogP contribution in [-0.4, -0.2) is 29.7 Å². The Balaban J connectivity index is 2.06. The van der Waals surface area contributed by atoms with E-state index in [9.17, 15) is 8.42 Å². The first-order valence-electron chi connectivity index (χ1n) is 7.14. The van der Waals surface area contributed by atoms with Crippen molar-refractivity contribution in [3.63, 3.8) is 0 Å². The predicted molar refractivity (Wildman–Crippen MR) is 83.8 cm³/mol. The second-order valence-electron chi connectivity index (χ2n) is 5.43. The fraction of sp³-hybridized carbons (Fsp3) is 0.400. The Bertz CT molecular complexity index is 751. The summed E-state index contributed by atoms with van der Waals surface area (Å²) in [4.78, 5) is 0. The molecule has 1 saturated heterocycles. The third-order valence-corrected chi connectivity index (χ3v) is 5.75. The summed E-state index contributed by atoms with van der Waals surface area (Å²) in [5.74, 6) is 0.952. The van der Waals surface area contributed by atoms with Gasteiger partial charge in [0.15, 0.2) is 9.84 Å². The zero-order chi connectivity index (χ0) is 15.0. The van der Waals surface area contributed by atoms with E-state index in [0.717, 1.165) is 23.2 Å². The molecule has 1 aromatic heterocycles. The number of aromatic nitrogens is 2. The molecule has 0 saturated carbocycles. The molecule has 0 spiro atoms. The Morgan fingerprint density at radius 1 is 1.33 bits per heavy atom. The van der Waals surface area contributed by atoms with Crippen LogP contribution in [0.2, 0.25) is 0 Å². The summed E-state index contributed by atoms with van der Waals surface area (Å²) < 4.78 is 25.1. The molecule has 0 aliphatic carbocycles. The van der Waals surface area contributed by atoms with E-state index < -0.39 is 9.84 Å². The molecular weight excluding hydrogens is 286 g/mol. The van der Waals surface area contributed by atoms with Gasteiger partial charge in [-0.25, -0.2) is 13.1 Å². The second kappa shape index (κ2) is 5.18. The Hall–Kier alpha value is -1.82. The van der Waals surface area contributed by atoms with E-state index in [4.69, 9.17) is 5.73 Å². The van der Waals surface area contributed by atoms with E-state index in [1.165, 1.54) is 0 Å². The first-order chi connectivity index (χ1) is 10.0. The smallest absolute Gasteiger partial charge is 0.152 e. The average molecular weight is 305 g/mol. The highest BCUT2D eigenvalue weighted by Gasteiger charge is 2.32. The van der Waals surface area contributed by atoms with Crippen molar-refractivity contribution in [2.75, 3.05) is 17.2 Å². The SMILES string of the molecule is CCc1c(-c2ccccc2)nn(C2CCS(=O)(=O)C2)c1N. The lowest BCUT2D eigenvalue weighted by Crippen LogP contribution is -2.15. The summed E-state index contributed by atoms with van der Waals surface area (Å²) >= 11 is 0. The van der Waals surface area contributed by atoms with Gasteiger partial charge in [0.1, 0.15) is 5.82 Å². The molecule has 5 nitrogen and oxygen atoms in total. The topological polar surface area (TPSA) is 78.0 Å². The molecule has 1 unspecified atom stereocenters. The zero-order valence-corrected chi connectivity index (χ0v) is 12.8. The van der Waals surface area contributed by atoms with Crippen LogP contribution in [0.3, 0.4) is 0 Å². The van der Waals surface area contributed by atoms with Crippen molar-refractivity contribution in [3.8, 4) is 11.3 Å². The fourth-order valence-electron chi connectivity index (χ4n) is 2.90. The van der Waals surface area contributed by atoms with Crippen molar-refractivity contribution < 1.29 is 8.42 Å². The molecule has 1 aromatic carbocycles. The minimum Gasteiger partial charge on any atom is -0.384 e. The summed E-state index contributed by atoms with van der Waals surface area (Å²) in [6.45, 7) is 2.04. The summed E-state index contributed by atoms with van der Waals surface area (Å²) in [5, 5.41) is 4.63. The average Bonchev–Trinajstić information content (AvgIpc) is 2.99. The Morgan fingerprint density at radius 2 is 2.05 bits per heavy atom. The monoisotopic (exact) mass is 305 g/mol. The van der Waals surface area contributed by atoms with Crippen molar-refractivity contribution in [3.05, 3.63) is 35.9 Å². The van der Waals surface area contributed by atoms with Crippen LogP contribution in [0.1, 0.15) is 24.9 Å². The maximum Gasteiger partial charge on any atom is 0.152 e. The molecular formula is C15H19N3O2S. The van der Waals surface area contributed by atoms with Gasteiger partial charge < -0.3 is 5.73 Å². The number of benzene rings is 1. The van der Waals surface area contributed by atoms with Gasteiger partial charge in [-0.15, -0.1) is 0 Å². The molecule has 1 aliphatic heterocycles. The van der Waals surface area contributed by atoms with Gasteiger partial charge in [-0.1, -0.05) is 37.3 Å². The highest BCUT2D eigenvalue weighted by molar-refractivity contribution is 7.91. The molecule has 2 N–H and O–H groups in total. The van der Waals surface area contributed by atoms with Crippen molar-refractivity contribution in [1.29, 1.82) is 0 Å². The Kier molecular flexibility index (Phi) is 3.49. The number of nitrogens with zero attached hydrogens (tertiary/aromatic N) is 2. The van der Waals surface area contributed by atoms with Gasteiger partial charge >= 0.3 is 0 Å². The van der Waals surface area contributed by atoms with Crippen molar-refractivity contribution in [1.82, 2.24) is 9.78 Å². The van der Waals surface area contributed by atoms with E-state index in [2.05, 4.69) is 5.10 Å². The predicted octanol–water partition coefficient (Wildman–Crippen LogP) is 2.05. The number of rotatable bonds is 3. The van der Waals surface area contributed by atoms with Crippen LogP contribution < -0.4 is 5.73 Å². The highest BCUT2D eigenvalue weighted by Crippen LogP contribution is 2.33. The van der Waals surface area contributed by atoms with E-state index in [1.807, 2.05) is 37.3 Å². The van der Waals surface area contributed by atoms with Crippen LogP contribution in [0.4, 0.5) is 5.82 Å². The van der Waals surface area contributed by atoms with Gasteiger partial charge in [-0.3, -0.25) is 0 Å². The third kappa shape index (κ3) is 2.55. The summed E-state index contributed by atoms with van der Waals surface area (Å²) in [6, 6.07) is 9.73. The van der Waals surface area contributed by atoms with Crippen LogP contribution in [0.5, 0.6) is 0 Å². The number of nitrogens with two attached hydrogens (primary N) is 1. The molecule has 1 aliphatic rings. The molecule has 112 valence electrons. The summed E-state index contributed by atoms with van der Waals surface area (Å²) in [6.07, 6.45) is 1.36. The Morgan fingerprint density at radius 3 is 2.62 bits per heavy atom. The molecule has 2 heterocycles. The van der Waals surface area contributed by atoms with Gasteiger partial charge in [0.2, 0.25) is 0 Å². The summed E-state index contributed by atoms with van der Waals surface area (Å²) in [7, 11) is -2.95. The second-order valence-corrected chi connectivity index (χ2v) is 7.66. The molecule has 1 fully saturated rings. The third-order valence-electron chi connectivity index (χ3n) is 4.00. The minimum atomic E-state index is -2.95. The quantitative estimate of drug-likeness (QED) is 0.941. The maximum absolute atomic E-state index is 11.7. The molecule has 6 heteroatoms. The van der Waals surface area contributed by atoms with Crippen LogP contribution >= 0.6 is 0 Å². The minimum absolute atomic E-state index is 0.135. The van der Waals surface area contributed by atoms with Gasteiger partial charge in [0.05, 0.1) is 23.2 Å². The number of hydrogen-bond acceptors (Lipinski definition) is 4. The van der Waals surface area contributed by atoms with Crippen molar-refractivity contribution >= 4 is 15.7 Å². The van der Waals surface area contributed by atoms with Gasteiger partial charge in [0.25, 0.3) is 0 Å². The normalized spacial score (nSPS) is 20.7. The van der Waals surface area contributed by atoms with Gasteiger partial charge in [0, 0.05) is 11.1 Å². The lowest BCUT2D eigenvalue weighted by molar-refractivity contribution is 0.508. The molecule has 0 amide bonds. The first-order valence-corrected chi connectivity index (χ1v) is 8.96. The van der Waals surface area contributed by atoms with E-state index in [0.29, 0.717) is 12.2 Å². The number of anilines is 1. The summed E-state index contributed by atoms with van der Waals surface area (Å²) in [5.41, 5.74) is 9.09. The molecule has 0 radical (unpaired) electrons. The maximum atomic E-state index is 11.7. The molecule has 21 heavy (non-hydrogen) atoms. The standard InChI is InChI=1S/C15H19N3O2S/c1-2-13-14(11-6-4-3-5-7-11)17-18(15(13)16)12-8-9-21(19,20)10-12/h3-7,12H,2,8-10,16H2,1H3. The van der Waals surface area contributed by atoms with E-state index in [1.54, 1.807) is 4.68 Å². The van der Waals surface area contributed by atoms with Crippen LogP contribution in [-0.2, 0) is 16.3 Å². The highest BCUT2D eigenvalue weighted by atomic mass is 32.2. The zero-order valence-electron chi connectivity index (χ0n) is 12.0. The number of nitrogen functional groups attached to an aromatic ring is 1. The molecule has 2 aromatic rings. The van der Waals surface area contributed by atoms with Crippen LogP contribution in [0.25, 0.3) is 11.3 Å². The van der Waals surface area contributed by atoms with Gasteiger partial charge in [-0.2, -0.15) is 5.10 Å². The van der Waals surface area contributed by atoms with Gasteiger partial charge in [-0.05, 0) is 12.8 Å². The first kappa shape index (κ1) is 14.1. The lowest BCUT2D eigenvalue weighted by atomic mass is 10.1. The molecule has 1 atom stereocenters. The molecule has 3 rings (SSSR count). The van der Waals surface area contributed by atoms with E-state index in [-0.39, 0.29) is 17.5 Å². The number of sulfone groups is 1.